The minimum absolute atomic E-state index is 0.0293. The van der Waals surface area contributed by atoms with Crippen molar-refractivity contribution in [3.05, 3.63) is 0 Å². The molecule has 0 saturated carbocycles. The Hall–Kier alpha value is -0.200. The highest BCUT2D eigenvalue weighted by Crippen LogP contribution is 2.04. The predicted molar refractivity (Wildman–Crippen MR) is 69.8 cm³/mol. The molecule has 0 aromatic carbocycles. The molecule has 0 aromatic rings. The number of ether oxygens (including phenoxy) is 4. The van der Waals surface area contributed by atoms with Gasteiger partial charge < -0.3 is 24.1 Å². The zero-order valence-electron chi connectivity index (χ0n) is 12.2. The maximum absolute atomic E-state index is 8.72. The van der Waals surface area contributed by atoms with Crippen LogP contribution >= 0.6 is 0 Å². The van der Waals surface area contributed by atoms with Crippen LogP contribution in [-0.2, 0) is 18.9 Å². The largest absolute Gasteiger partial charge is 0.394 e. The molecule has 5 nitrogen and oxygen atoms in total. The lowest BCUT2D eigenvalue weighted by Crippen LogP contribution is -2.25. The second-order valence-corrected chi connectivity index (χ2v) is 4.66. The zero-order valence-corrected chi connectivity index (χ0v) is 12.2. The van der Waals surface area contributed by atoms with Crippen molar-refractivity contribution < 1.29 is 24.1 Å². The molecule has 1 rings (SSSR count). The SMILES string of the molecule is CC1CO1.COC(C)COC(C)COC(C)CO. The van der Waals surface area contributed by atoms with Crippen LogP contribution in [0.3, 0.4) is 0 Å². The average molecular weight is 264 g/mol. The first kappa shape index (κ1) is 17.8. The second kappa shape index (κ2) is 10.7. The number of rotatable bonds is 8. The number of epoxide rings is 1. The van der Waals surface area contributed by atoms with E-state index in [4.69, 9.17) is 24.1 Å². The first-order chi connectivity index (χ1) is 8.49. The van der Waals surface area contributed by atoms with Crippen LogP contribution in [-0.4, -0.2) is 63.1 Å². The quantitative estimate of drug-likeness (QED) is 0.668. The summed E-state index contributed by atoms with van der Waals surface area (Å²) in [5.74, 6) is 0. The standard InChI is InChI=1S/C10H22O4.C3H6O/c1-8(5-11)13-7-10(3)14-6-9(2)12-4;1-3-2-4-3/h8-11H,5-7H2,1-4H3;3H,2H2,1H3. The fraction of sp³-hybridized carbons (Fsp3) is 1.00. The minimum atomic E-state index is -0.124. The van der Waals surface area contributed by atoms with Crippen LogP contribution in [0.5, 0.6) is 0 Å². The lowest BCUT2D eigenvalue weighted by Gasteiger charge is -2.18. The lowest BCUT2D eigenvalue weighted by atomic mass is 10.4. The molecule has 1 saturated heterocycles. The molecule has 4 atom stereocenters. The van der Waals surface area contributed by atoms with Gasteiger partial charge in [-0.3, -0.25) is 0 Å². The van der Waals surface area contributed by atoms with Crippen molar-refractivity contribution in [1.29, 1.82) is 0 Å². The number of aliphatic hydroxyl groups is 1. The van der Waals surface area contributed by atoms with Crippen LogP contribution in [0, 0.1) is 0 Å². The van der Waals surface area contributed by atoms with E-state index in [1.165, 1.54) is 0 Å². The summed E-state index contributed by atoms with van der Waals surface area (Å²) in [6, 6.07) is 0. The van der Waals surface area contributed by atoms with E-state index in [0.717, 1.165) is 6.61 Å². The van der Waals surface area contributed by atoms with Crippen LogP contribution in [0.15, 0.2) is 0 Å². The zero-order chi connectivity index (χ0) is 14.0. The first-order valence-electron chi connectivity index (χ1n) is 6.48. The van der Waals surface area contributed by atoms with Crippen LogP contribution in [0.4, 0.5) is 0 Å². The van der Waals surface area contributed by atoms with E-state index in [2.05, 4.69) is 6.92 Å². The average Bonchev–Trinajstić information content (AvgIpc) is 3.15. The molecule has 0 aromatic heterocycles. The number of hydrogen-bond acceptors (Lipinski definition) is 5. The molecule has 4 unspecified atom stereocenters. The normalized spacial score (nSPS) is 22.7. The summed E-state index contributed by atoms with van der Waals surface area (Å²) in [6.07, 6.45) is 0.593. The molecule has 0 spiro atoms. The molecule has 1 aliphatic rings. The van der Waals surface area contributed by atoms with Crippen molar-refractivity contribution in [3.8, 4) is 0 Å². The van der Waals surface area contributed by atoms with E-state index in [-0.39, 0.29) is 24.9 Å². The molecule has 1 aliphatic heterocycles. The van der Waals surface area contributed by atoms with Gasteiger partial charge in [-0.1, -0.05) is 0 Å². The van der Waals surface area contributed by atoms with Gasteiger partial charge in [0.05, 0.1) is 50.8 Å². The van der Waals surface area contributed by atoms with Gasteiger partial charge >= 0.3 is 0 Å². The molecule has 5 heteroatoms. The van der Waals surface area contributed by atoms with Crippen LogP contribution in [0.2, 0.25) is 0 Å². The summed E-state index contributed by atoms with van der Waals surface area (Å²) < 4.78 is 20.5. The van der Waals surface area contributed by atoms with Crippen molar-refractivity contribution in [2.24, 2.45) is 0 Å². The van der Waals surface area contributed by atoms with Crippen molar-refractivity contribution in [3.63, 3.8) is 0 Å². The van der Waals surface area contributed by atoms with Crippen molar-refractivity contribution in [1.82, 2.24) is 0 Å². The van der Waals surface area contributed by atoms with E-state index in [1.807, 2.05) is 20.8 Å². The van der Waals surface area contributed by atoms with Gasteiger partial charge in [-0.2, -0.15) is 0 Å². The molecule has 0 bridgehead atoms. The third-order valence-corrected chi connectivity index (χ3v) is 2.39. The number of methoxy groups -OCH3 is 1. The van der Waals surface area contributed by atoms with Gasteiger partial charge in [-0.25, -0.2) is 0 Å². The topological polar surface area (TPSA) is 60.5 Å². The minimum Gasteiger partial charge on any atom is -0.394 e. The fourth-order valence-corrected chi connectivity index (χ4v) is 0.865. The maximum atomic E-state index is 8.72. The van der Waals surface area contributed by atoms with Crippen LogP contribution in [0.1, 0.15) is 27.7 Å². The van der Waals surface area contributed by atoms with Crippen molar-refractivity contribution >= 4 is 0 Å². The summed E-state index contributed by atoms with van der Waals surface area (Å²) in [7, 11) is 1.66. The van der Waals surface area contributed by atoms with Gasteiger partial charge in [0.15, 0.2) is 0 Å². The van der Waals surface area contributed by atoms with Crippen molar-refractivity contribution in [2.45, 2.75) is 52.1 Å². The smallest absolute Gasteiger partial charge is 0.0781 e. The highest BCUT2D eigenvalue weighted by Gasteiger charge is 2.13. The molecule has 0 aliphatic carbocycles. The molecule has 0 radical (unpaired) electrons. The molecular formula is C13H28O5. The Bertz CT molecular complexity index is 170. The summed E-state index contributed by atoms with van der Waals surface area (Å²) in [5, 5.41) is 8.72. The monoisotopic (exact) mass is 264 g/mol. The highest BCUT2D eigenvalue weighted by molar-refractivity contribution is 4.58. The van der Waals surface area contributed by atoms with E-state index in [9.17, 15) is 0 Å². The number of aliphatic hydroxyl groups excluding tert-OH is 1. The van der Waals surface area contributed by atoms with E-state index < -0.39 is 0 Å². The van der Waals surface area contributed by atoms with Gasteiger partial charge in [0.2, 0.25) is 0 Å². The molecular weight excluding hydrogens is 236 g/mol. The van der Waals surface area contributed by atoms with Gasteiger partial charge in [-0.05, 0) is 27.7 Å². The molecule has 0 amide bonds. The first-order valence-corrected chi connectivity index (χ1v) is 6.48. The Balaban J connectivity index is 0.000000601. The fourth-order valence-electron chi connectivity index (χ4n) is 0.865. The van der Waals surface area contributed by atoms with Crippen LogP contribution < -0.4 is 0 Å². The molecule has 18 heavy (non-hydrogen) atoms. The van der Waals surface area contributed by atoms with E-state index in [1.54, 1.807) is 7.11 Å². The summed E-state index contributed by atoms with van der Waals surface area (Å²) in [4.78, 5) is 0. The Morgan fingerprint density at radius 3 is 1.94 bits per heavy atom. The van der Waals surface area contributed by atoms with E-state index >= 15 is 0 Å². The van der Waals surface area contributed by atoms with Gasteiger partial charge in [0.25, 0.3) is 0 Å². The molecule has 1 N–H and O–H groups in total. The van der Waals surface area contributed by atoms with Crippen LogP contribution in [0.25, 0.3) is 0 Å². The predicted octanol–water partition coefficient (Wildman–Crippen LogP) is 1.23. The lowest BCUT2D eigenvalue weighted by molar-refractivity contribution is -0.0677. The summed E-state index contributed by atoms with van der Waals surface area (Å²) >= 11 is 0. The third kappa shape index (κ3) is 12.3. The third-order valence-electron chi connectivity index (χ3n) is 2.39. The summed E-state index contributed by atoms with van der Waals surface area (Å²) in [5.41, 5.74) is 0. The van der Waals surface area contributed by atoms with E-state index in [0.29, 0.717) is 19.3 Å². The highest BCUT2D eigenvalue weighted by atomic mass is 16.6. The molecule has 1 fully saturated rings. The Labute approximate surface area is 110 Å². The Morgan fingerprint density at radius 1 is 1.11 bits per heavy atom. The summed E-state index contributed by atoms with van der Waals surface area (Å²) in [6.45, 7) is 9.86. The second-order valence-electron chi connectivity index (χ2n) is 4.66. The molecule has 110 valence electrons. The number of hydrogen-bond donors (Lipinski definition) is 1. The van der Waals surface area contributed by atoms with Gasteiger partial charge in [0.1, 0.15) is 0 Å². The van der Waals surface area contributed by atoms with Gasteiger partial charge in [-0.15, -0.1) is 0 Å². The van der Waals surface area contributed by atoms with Crippen molar-refractivity contribution in [2.75, 3.05) is 33.5 Å². The van der Waals surface area contributed by atoms with Gasteiger partial charge in [0, 0.05) is 7.11 Å². The Morgan fingerprint density at radius 2 is 1.56 bits per heavy atom. The molecule has 1 heterocycles. The maximum Gasteiger partial charge on any atom is 0.0781 e. The Kier molecular flexibility index (Phi) is 10.6.